The van der Waals surface area contributed by atoms with E-state index in [4.69, 9.17) is 17.7 Å². The van der Waals surface area contributed by atoms with E-state index in [0.717, 1.165) is 0 Å². The molecule has 7 rings (SSSR count). The number of amides is 2. The van der Waals surface area contributed by atoms with Crippen molar-refractivity contribution in [2.24, 2.45) is 11.8 Å². The second-order valence-electron chi connectivity index (χ2n) is 8.94. The van der Waals surface area contributed by atoms with Crippen LogP contribution in [-0.4, -0.2) is 20.1 Å². The van der Waals surface area contributed by atoms with Crippen LogP contribution in [0.5, 0.6) is 23.0 Å². The summed E-state index contributed by atoms with van der Waals surface area (Å²) in [6.07, 6.45) is 2.56. The number of allylic oxidation sites excluding steroid dienone is 2. The molecular weight excluding hydrogens is 489 g/mol. The summed E-state index contributed by atoms with van der Waals surface area (Å²) < 4.78 is 26.0. The van der Waals surface area contributed by atoms with Crippen LogP contribution in [0.15, 0.2) is 90.1 Å². The van der Waals surface area contributed by atoms with Crippen LogP contribution in [0.25, 0.3) is 0 Å². The third kappa shape index (κ3) is 3.23. The molecule has 1 saturated heterocycles. The van der Waals surface area contributed by atoms with Crippen molar-refractivity contribution in [3.63, 3.8) is 0 Å². The third-order valence-electron chi connectivity index (χ3n) is 7.00. The van der Waals surface area contributed by atoms with Crippen molar-refractivity contribution >= 4 is 25.8 Å². The van der Waals surface area contributed by atoms with E-state index in [0.29, 0.717) is 40.3 Å². The minimum Gasteiger partial charge on any atom is 1.00 e. The monoisotopic (exact) mass is 509 g/mol. The Morgan fingerprint density at radius 2 is 1.11 bits per heavy atom. The Morgan fingerprint density at radius 1 is 0.657 bits per heavy atom. The van der Waals surface area contributed by atoms with E-state index >= 15 is 0 Å². The summed E-state index contributed by atoms with van der Waals surface area (Å²) in [5.74, 6) is 0.756. The van der Waals surface area contributed by atoms with Crippen LogP contribution >= 0.6 is 0 Å². The number of para-hydroxylation sites is 5. The van der Waals surface area contributed by atoms with Crippen molar-refractivity contribution in [2.45, 2.75) is 12.8 Å². The molecule has 2 atom stereocenters. The first-order chi connectivity index (χ1) is 16.6. The van der Waals surface area contributed by atoms with Crippen LogP contribution < -0.4 is 74.0 Å². The number of benzene rings is 3. The number of hydrogen-bond donors (Lipinski definition) is 0. The van der Waals surface area contributed by atoms with Crippen molar-refractivity contribution in [1.82, 2.24) is 0 Å². The molecule has 2 amide bonds. The van der Waals surface area contributed by atoms with Gasteiger partial charge in [-0.15, -0.1) is 0 Å². The zero-order valence-corrected chi connectivity index (χ0v) is 23.2. The Labute approximate surface area is 244 Å². The minimum absolute atomic E-state index is 0. The van der Waals surface area contributed by atoms with Crippen molar-refractivity contribution in [1.29, 1.82) is 0 Å². The Balaban J connectivity index is 0.00000229. The fraction of sp³-hybridized carbons (Fsp3) is 0.154. The van der Waals surface area contributed by atoms with Crippen LogP contribution in [0.4, 0.5) is 5.69 Å². The second-order valence-corrected chi connectivity index (χ2v) is 12.2. The van der Waals surface area contributed by atoms with Gasteiger partial charge in [-0.1, -0.05) is 0 Å². The van der Waals surface area contributed by atoms with Crippen LogP contribution in [0.2, 0.25) is 0 Å². The normalized spacial score (nSPS) is 25.3. The Kier molecular flexibility index (Phi) is 5.30. The molecule has 1 spiro atoms. The van der Waals surface area contributed by atoms with Gasteiger partial charge in [0.2, 0.25) is 0 Å². The summed E-state index contributed by atoms with van der Waals surface area (Å²) in [6.45, 7) is 0. The molecular formula is C26H20KNO6Si. The van der Waals surface area contributed by atoms with Gasteiger partial charge in [0.05, 0.1) is 0 Å². The summed E-state index contributed by atoms with van der Waals surface area (Å²) in [6, 6.07) is 23.7. The molecule has 4 aliphatic rings. The second kappa shape index (κ2) is 8.05. The molecule has 3 aromatic carbocycles. The fourth-order valence-electron chi connectivity index (χ4n) is 5.42. The van der Waals surface area contributed by atoms with E-state index in [1.807, 2.05) is 72.8 Å². The molecule has 0 radical (unpaired) electrons. The maximum absolute atomic E-state index is 13.5. The number of carbonyl (C=O) groups excluding carboxylic acids is 2. The maximum Gasteiger partial charge on any atom is 1.00 e. The zero-order chi connectivity index (χ0) is 22.9. The smallest absolute Gasteiger partial charge is 1.00 e. The van der Waals surface area contributed by atoms with E-state index in [9.17, 15) is 9.59 Å². The standard InChI is InChI=1S/C26H20NO6Si.K/c28-25-19-15-14-18(16-20(19)26(29)27(25)17-8-2-1-3-9-17)34(30-21-10-4-5-11-22(21)31-34)32-23-12-6-7-13-24(23)33-34;/h1-14,19-20H,15-16H2;/q-1;+1. The first-order valence-electron chi connectivity index (χ1n) is 11.3. The van der Waals surface area contributed by atoms with Gasteiger partial charge in [0.15, 0.2) is 0 Å². The summed E-state index contributed by atoms with van der Waals surface area (Å²) in [5.41, 5.74) is 0.585. The minimum atomic E-state index is -4.70. The van der Waals surface area contributed by atoms with Gasteiger partial charge in [-0.25, -0.2) is 0 Å². The predicted molar refractivity (Wildman–Crippen MR) is 124 cm³/mol. The van der Waals surface area contributed by atoms with Gasteiger partial charge in [0.1, 0.15) is 0 Å². The van der Waals surface area contributed by atoms with E-state index in [-0.39, 0.29) is 69.6 Å². The number of imide groups is 1. The summed E-state index contributed by atoms with van der Waals surface area (Å²) >= 11 is 0. The van der Waals surface area contributed by atoms with E-state index < -0.39 is 20.2 Å². The molecule has 0 saturated carbocycles. The van der Waals surface area contributed by atoms with E-state index in [2.05, 4.69) is 0 Å². The molecule has 0 aromatic heterocycles. The van der Waals surface area contributed by atoms with Gasteiger partial charge in [0, 0.05) is 0 Å². The fourth-order valence-corrected chi connectivity index (χ4v) is 9.39. The van der Waals surface area contributed by atoms with Crippen LogP contribution in [0.3, 0.4) is 0 Å². The van der Waals surface area contributed by atoms with Crippen LogP contribution in [-0.2, 0) is 9.59 Å². The molecule has 2 unspecified atom stereocenters. The Hall–Kier alpha value is -2.41. The first kappa shape index (κ1) is 23.0. The van der Waals surface area contributed by atoms with E-state index in [1.54, 1.807) is 12.1 Å². The van der Waals surface area contributed by atoms with Crippen LogP contribution in [0, 0.1) is 11.8 Å². The first-order valence-corrected chi connectivity index (χ1v) is 13.4. The van der Waals surface area contributed by atoms with E-state index in [1.165, 1.54) is 4.90 Å². The molecule has 0 N–H and O–H groups in total. The number of hydrogen-bond acceptors (Lipinski definition) is 6. The molecule has 0 bridgehead atoms. The SMILES string of the molecule is O=C1C2CC=C([Si-]34(Oc5ccccc5O3)Oc3ccccc3O4)CC2C(=O)N1c1ccccc1.[K+]. The number of nitrogens with zero attached hydrogens (tertiary/aromatic N) is 1. The molecule has 3 aliphatic heterocycles. The molecule has 3 heterocycles. The Morgan fingerprint density at radius 3 is 1.63 bits per heavy atom. The van der Waals surface area contributed by atoms with Gasteiger partial charge >= 0.3 is 247 Å². The summed E-state index contributed by atoms with van der Waals surface area (Å²) in [5, 5.41) is 0.671. The molecule has 1 aliphatic carbocycles. The Bertz CT molecular complexity index is 1300. The van der Waals surface area contributed by atoms with Crippen LogP contribution in [0.1, 0.15) is 12.8 Å². The number of fused-ring (bicyclic) bond motifs is 3. The number of rotatable bonds is 2. The topological polar surface area (TPSA) is 74.3 Å². The molecule has 3 aromatic rings. The van der Waals surface area contributed by atoms with Gasteiger partial charge in [0.25, 0.3) is 0 Å². The van der Waals surface area contributed by atoms with Gasteiger partial charge in [-0.2, -0.15) is 0 Å². The maximum atomic E-state index is 13.5. The average Bonchev–Trinajstić information content (AvgIpc) is 3.47. The number of carbonyl (C=O) groups is 2. The molecule has 170 valence electrons. The molecule has 7 nitrogen and oxygen atoms in total. The van der Waals surface area contributed by atoms with Crippen molar-refractivity contribution in [2.75, 3.05) is 4.90 Å². The zero-order valence-electron chi connectivity index (χ0n) is 19.0. The third-order valence-corrected chi connectivity index (χ3v) is 10.7. The molecule has 9 heteroatoms. The molecule has 35 heavy (non-hydrogen) atoms. The van der Waals surface area contributed by atoms with Gasteiger partial charge in [-0.05, 0) is 0 Å². The van der Waals surface area contributed by atoms with Gasteiger partial charge < -0.3 is 0 Å². The largest absolute Gasteiger partial charge is 1.00 e. The average molecular weight is 510 g/mol. The molecule has 1 fully saturated rings. The van der Waals surface area contributed by atoms with Crippen molar-refractivity contribution in [3.8, 4) is 23.0 Å². The summed E-state index contributed by atoms with van der Waals surface area (Å²) in [4.78, 5) is 28.0. The van der Waals surface area contributed by atoms with Crippen molar-refractivity contribution < 1.29 is 78.7 Å². The summed E-state index contributed by atoms with van der Waals surface area (Å²) in [7, 11) is -4.70. The number of anilines is 1. The predicted octanol–water partition coefficient (Wildman–Crippen LogP) is 1.39. The van der Waals surface area contributed by atoms with Gasteiger partial charge in [-0.3, -0.25) is 0 Å². The quantitative estimate of drug-likeness (QED) is 0.384. The van der Waals surface area contributed by atoms with Crippen molar-refractivity contribution in [3.05, 3.63) is 90.1 Å².